The van der Waals surface area contributed by atoms with Crippen LogP contribution >= 0.6 is 11.8 Å². The van der Waals surface area contributed by atoms with Crippen LogP contribution in [0.2, 0.25) is 0 Å². The number of carbonyl (C=O) groups is 3. The smallest absolute Gasteiger partial charge is 0.327 e. The van der Waals surface area contributed by atoms with E-state index in [0.717, 1.165) is 0 Å². The van der Waals surface area contributed by atoms with Crippen LogP contribution in [0.5, 0.6) is 0 Å². The van der Waals surface area contributed by atoms with Crippen molar-refractivity contribution in [3.63, 3.8) is 0 Å². The van der Waals surface area contributed by atoms with Gasteiger partial charge in [0.05, 0.1) is 12.4 Å². The molecule has 2 atom stereocenters. The van der Waals surface area contributed by atoms with E-state index in [-0.39, 0.29) is 12.4 Å². The second-order valence-electron chi connectivity index (χ2n) is 3.87. The third kappa shape index (κ3) is 4.10. The highest BCUT2D eigenvalue weighted by Gasteiger charge is 2.34. The Balaban J connectivity index is 2.52. The third-order valence-corrected chi connectivity index (χ3v) is 4.46. The van der Waals surface area contributed by atoms with Gasteiger partial charge in [-0.3, -0.25) is 9.59 Å². The molecule has 0 aromatic carbocycles. The number of hydrogen-bond donors (Lipinski definition) is 3. The predicted octanol–water partition coefficient (Wildman–Crippen LogP) is -0.797. The summed E-state index contributed by atoms with van der Waals surface area (Å²) in [5.41, 5.74) is 0. The van der Waals surface area contributed by atoms with Crippen molar-refractivity contribution in [3.8, 4) is 0 Å². The highest BCUT2D eigenvalue weighted by molar-refractivity contribution is 7.99. The molecule has 1 heterocycles. The van der Waals surface area contributed by atoms with Gasteiger partial charge in [0.15, 0.2) is 0 Å². The van der Waals surface area contributed by atoms with Crippen LogP contribution in [-0.4, -0.2) is 57.3 Å². The highest BCUT2D eigenvalue weighted by atomic mass is 32.2. The summed E-state index contributed by atoms with van der Waals surface area (Å²) in [4.78, 5) is 35.2. The second-order valence-corrected chi connectivity index (χ2v) is 6.18. The quantitative estimate of drug-likeness (QED) is 0.571. The summed E-state index contributed by atoms with van der Waals surface area (Å²) >= 11 is 1.33. The van der Waals surface area contributed by atoms with Crippen LogP contribution in [-0.2, 0) is 29.2 Å². The van der Waals surface area contributed by atoms with Gasteiger partial charge in [-0.1, -0.05) is 6.92 Å². The van der Waals surface area contributed by atoms with E-state index in [2.05, 4.69) is 5.32 Å². The zero-order chi connectivity index (χ0) is 14.6. The number of carboxylic acids is 1. The van der Waals surface area contributed by atoms with Gasteiger partial charge in [0.1, 0.15) is 6.04 Å². The molecule has 0 aliphatic carbocycles. The topological polar surface area (TPSA) is 128 Å². The molecule has 3 N–H and O–H groups in total. The SMILES string of the molecule is CC(C(=O)NCC(=O)N1CSCC1C(=O)O)[S-](=N)=O. The van der Waals surface area contributed by atoms with Gasteiger partial charge in [-0.2, -0.15) is 10.6 Å². The van der Waals surface area contributed by atoms with Crippen LogP contribution in [0.1, 0.15) is 6.92 Å². The van der Waals surface area contributed by atoms with Crippen LogP contribution in [0.15, 0.2) is 0 Å². The molecule has 0 spiro atoms. The van der Waals surface area contributed by atoms with E-state index >= 15 is 0 Å². The highest BCUT2D eigenvalue weighted by Crippen LogP contribution is 2.20. The van der Waals surface area contributed by atoms with Crippen molar-refractivity contribution in [2.75, 3.05) is 18.2 Å². The standard InChI is InChI=1S/C9H14N3O5S2/c1-5(19(10)17)8(14)11-2-7(13)12-4-18-3-6(12)9(15)16/h5-6,10H,2-4H2,1H3,(H,11,14)(H,15,16)/q-1. The zero-order valence-electron chi connectivity index (χ0n) is 10.1. The molecule has 8 nitrogen and oxygen atoms in total. The number of carbonyl (C=O) groups excluding carboxylic acids is 2. The molecule has 108 valence electrons. The minimum atomic E-state index is -2.06. The first-order valence-electron chi connectivity index (χ1n) is 5.34. The number of aliphatic carboxylic acids is 1. The van der Waals surface area contributed by atoms with Gasteiger partial charge in [-0.25, -0.2) is 4.79 Å². The minimum absolute atomic E-state index is 0.269. The van der Waals surface area contributed by atoms with Crippen molar-refractivity contribution in [2.24, 2.45) is 0 Å². The molecule has 1 saturated heterocycles. The first-order chi connectivity index (χ1) is 8.84. The normalized spacial score (nSPS) is 20.3. The lowest BCUT2D eigenvalue weighted by Gasteiger charge is -2.21. The monoisotopic (exact) mass is 308 g/mol. The number of rotatable bonds is 5. The Kier molecular flexibility index (Phi) is 5.60. The summed E-state index contributed by atoms with van der Waals surface area (Å²) in [7, 11) is -2.06. The Morgan fingerprint density at radius 3 is 2.74 bits per heavy atom. The number of carboxylic acid groups (broad SMARTS) is 1. The lowest BCUT2D eigenvalue weighted by Crippen LogP contribution is -2.47. The van der Waals surface area contributed by atoms with E-state index in [4.69, 9.17) is 9.89 Å². The Hall–Kier alpha value is -1.29. The zero-order valence-corrected chi connectivity index (χ0v) is 11.8. The fourth-order valence-electron chi connectivity index (χ4n) is 1.40. The van der Waals surface area contributed by atoms with Gasteiger partial charge >= 0.3 is 5.97 Å². The van der Waals surface area contributed by atoms with Crippen molar-refractivity contribution in [1.29, 1.82) is 4.78 Å². The molecular weight excluding hydrogens is 294 g/mol. The number of hydrogen-bond acceptors (Lipinski definition) is 7. The Morgan fingerprint density at radius 1 is 1.58 bits per heavy atom. The fourth-order valence-corrected chi connectivity index (χ4v) is 2.85. The Morgan fingerprint density at radius 2 is 2.21 bits per heavy atom. The lowest BCUT2D eigenvalue weighted by atomic mass is 10.3. The van der Waals surface area contributed by atoms with Crippen LogP contribution in [0.4, 0.5) is 0 Å². The largest absolute Gasteiger partial charge is 0.480 e. The molecule has 1 rings (SSSR count). The molecule has 19 heavy (non-hydrogen) atoms. The van der Waals surface area contributed by atoms with Crippen LogP contribution in [0.25, 0.3) is 0 Å². The van der Waals surface area contributed by atoms with E-state index in [9.17, 15) is 18.6 Å². The van der Waals surface area contributed by atoms with Gasteiger partial charge in [0, 0.05) is 5.75 Å². The van der Waals surface area contributed by atoms with E-state index in [1.807, 2.05) is 0 Å². The Bertz CT molecular complexity index is 457. The van der Waals surface area contributed by atoms with Crippen LogP contribution in [0, 0.1) is 4.78 Å². The molecule has 0 radical (unpaired) electrons. The number of amides is 2. The molecule has 0 aromatic heterocycles. The molecule has 1 aliphatic rings. The molecule has 0 saturated carbocycles. The van der Waals surface area contributed by atoms with Crippen molar-refractivity contribution in [2.45, 2.75) is 18.2 Å². The summed E-state index contributed by atoms with van der Waals surface area (Å²) in [6.07, 6.45) is 0. The van der Waals surface area contributed by atoms with Gasteiger partial charge in [0.25, 0.3) is 0 Å². The van der Waals surface area contributed by atoms with Crippen molar-refractivity contribution < 1.29 is 23.7 Å². The molecule has 10 heteroatoms. The maximum absolute atomic E-state index is 11.8. The van der Waals surface area contributed by atoms with E-state index in [0.29, 0.717) is 5.75 Å². The van der Waals surface area contributed by atoms with Crippen molar-refractivity contribution >= 4 is 40.1 Å². The van der Waals surface area contributed by atoms with Crippen molar-refractivity contribution in [3.05, 3.63) is 0 Å². The second kappa shape index (κ2) is 6.75. The van der Waals surface area contributed by atoms with E-state index in [1.54, 1.807) is 0 Å². The minimum Gasteiger partial charge on any atom is -0.480 e. The molecular formula is C9H14N3O5S2-. The molecule has 0 bridgehead atoms. The van der Waals surface area contributed by atoms with Gasteiger partial charge in [0.2, 0.25) is 11.8 Å². The summed E-state index contributed by atoms with van der Waals surface area (Å²) in [5, 5.41) is 10.1. The summed E-state index contributed by atoms with van der Waals surface area (Å²) in [6, 6.07) is -0.878. The first-order valence-corrected chi connectivity index (χ1v) is 7.71. The maximum Gasteiger partial charge on any atom is 0.327 e. The molecule has 0 aromatic rings. The average molecular weight is 308 g/mol. The first kappa shape index (κ1) is 15.8. The molecule has 1 fully saturated rings. The Labute approximate surface area is 115 Å². The average Bonchev–Trinajstić information content (AvgIpc) is 2.83. The summed E-state index contributed by atoms with van der Waals surface area (Å²) in [6.45, 7) is 0.958. The molecule has 2 amide bonds. The van der Waals surface area contributed by atoms with Gasteiger partial charge in [-0.05, 0) is 5.25 Å². The lowest BCUT2D eigenvalue weighted by molar-refractivity contribution is -0.147. The van der Waals surface area contributed by atoms with E-state index < -0.39 is 39.7 Å². The number of thioether (sulfide) groups is 1. The van der Waals surface area contributed by atoms with Gasteiger partial charge < -0.3 is 24.3 Å². The predicted molar refractivity (Wildman–Crippen MR) is 68.8 cm³/mol. The fraction of sp³-hybridized carbons (Fsp3) is 0.667. The van der Waals surface area contributed by atoms with Crippen LogP contribution in [0.3, 0.4) is 0 Å². The number of nitrogens with one attached hydrogen (secondary N) is 2. The van der Waals surface area contributed by atoms with Crippen molar-refractivity contribution in [1.82, 2.24) is 10.2 Å². The summed E-state index contributed by atoms with van der Waals surface area (Å²) in [5.74, 6) is -1.66. The van der Waals surface area contributed by atoms with Crippen LogP contribution < -0.4 is 5.32 Å². The maximum atomic E-state index is 11.8. The molecule has 1 aliphatic heterocycles. The third-order valence-electron chi connectivity index (χ3n) is 2.59. The van der Waals surface area contributed by atoms with Gasteiger partial charge in [-0.15, -0.1) is 11.8 Å². The number of nitrogens with zero attached hydrogens (tertiary/aromatic N) is 1. The molecule has 2 unspecified atom stereocenters. The summed E-state index contributed by atoms with van der Waals surface area (Å²) < 4.78 is 17.7. The van der Waals surface area contributed by atoms with E-state index in [1.165, 1.54) is 23.6 Å².